The fourth-order valence-corrected chi connectivity index (χ4v) is 6.19. The first kappa shape index (κ1) is 52.7. The highest BCUT2D eigenvalue weighted by Crippen LogP contribution is 2.18. The molecule has 16 nitrogen and oxygen atoms in total. The molecule has 0 radical (unpaired) electrons. The molecule has 3 aliphatic heterocycles. The largest absolute Gasteiger partial charge is 0.399 e. The monoisotopic (exact) mass is 920 g/mol. The third-order valence-electron chi connectivity index (χ3n) is 10.1. The van der Waals surface area contributed by atoms with Gasteiger partial charge in [0.25, 0.3) is 0 Å². The first-order chi connectivity index (χ1) is 32.9. The summed E-state index contributed by atoms with van der Waals surface area (Å²) in [5.41, 5.74) is 53.4. The molecule has 68 heavy (non-hydrogen) atoms. The van der Waals surface area contributed by atoms with Crippen molar-refractivity contribution in [1.82, 2.24) is 25.2 Å². The quantitative estimate of drug-likeness (QED) is 0.0883. The average molecular weight is 920 g/mol. The number of nitrogens with zero attached hydrogens (tertiary/aromatic N) is 6. The fraction of sp³-hybridized carbons (Fsp3) is 0.231. The Morgan fingerprint density at radius 3 is 1.41 bits per heavy atom. The number of pyridine rings is 1. The molecular formula is C52H69N15O. The highest BCUT2D eigenvalue weighted by Gasteiger charge is 2.12. The van der Waals surface area contributed by atoms with Crippen molar-refractivity contribution in [1.29, 1.82) is 0 Å². The summed E-state index contributed by atoms with van der Waals surface area (Å²) < 4.78 is 5.28. The first-order valence-electron chi connectivity index (χ1n) is 22.4. The minimum absolute atomic E-state index is 0.478. The Hall–Kier alpha value is -7.92. The fourth-order valence-electron chi connectivity index (χ4n) is 6.19. The van der Waals surface area contributed by atoms with Gasteiger partial charge in [0.15, 0.2) is 0 Å². The Balaban J connectivity index is 0.000000176. The first-order valence-corrected chi connectivity index (χ1v) is 22.4. The maximum atomic E-state index is 5.67. The van der Waals surface area contributed by atoms with Gasteiger partial charge in [0, 0.05) is 101 Å². The molecule has 2 fully saturated rings. The Morgan fingerprint density at radius 2 is 1.00 bits per heavy atom. The molecule has 5 heterocycles. The van der Waals surface area contributed by atoms with Crippen LogP contribution in [0.15, 0.2) is 176 Å². The van der Waals surface area contributed by atoms with Gasteiger partial charge in [0.2, 0.25) is 0 Å². The lowest BCUT2D eigenvalue weighted by atomic mass is 10.1. The van der Waals surface area contributed by atoms with E-state index in [0.717, 1.165) is 96.2 Å². The normalized spacial score (nSPS) is 13.9. The number of nitrogens with two attached hydrogens (primary N) is 8. The van der Waals surface area contributed by atoms with Gasteiger partial charge in [-0.3, -0.25) is 19.9 Å². The Labute approximate surface area is 401 Å². The molecule has 3 aliphatic rings. The minimum atomic E-state index is 0.478. The number of morpholine rings is 1. The second-order valence-electron chi connectivity index (χ2n) is 15.7. The van der Waals surface area contributed by atoms with Gasteiger partial charge >= 0.3 is 0 Å². The predicted molar refractivity (Wildman–Crippen MR) is 286 cm³/mol. The van der Waals surface area contributed by atoms with E-state index >= 15 is 0 Å². The number of anilines is 8. The zero-order valence-corrected chi connectivity index (χ0v) is 39.0. The van der Waals surface area contributed by atoms with Crippen molar-refractivity contribution in [3.63, 3.8) is 0 Å². The Morgan fingerprint density at radius 1 is 0.515 bits per heavy atom. The minimum Gasteiger partial charge on any atom is -0.399 e. The SMILES string of the molecule is CN1CCC(N)CC1.Nc1ccc(-c2cnccn2)cc1.Nc1ccc(C2=NCCN2)cc1.Nc1ccc(N)cc1.Nc1ccc(N2CCOCC2)cc1.Nc1ccccc1.Nc1cccnc1. The van der Waals surface area contributed by atoms with Crippen LogP contribution >= 0.6 is 0 Å². The van der Waals surface area contributed by atoms with Crippen LogP contribution in [0.4, 0.5) is 45.5 Å². The number of aromatic nitrogens is 3. The number of aliphatic imine (C=N–C) groups is 1. The Kier molecular flexibility index (Phi) is 23.5. The predicted octanol–water partition coefficient (Wildman–Crippen LogP) is 6.27. The van der Waals surface area contributed by atoms with E-state index in [1.165, 1.54) is 31.6 Å². The number of likely N-dealkylation sites (tertiary alicyclic amines) is 1. The molecule has 2 saturated heterocycles. The molecule has 0 amide bonds. The van der Waals surface area contributed by atoms with E-state index in [-0.39, 0.29) is 0 Å². The van der Waals surface area contributed by atoms with Crippen LogP contribution in [-0.4, -0.2) is 91.3 Å². The van der Waals surface area contributed by atoms with Crippen LogP contribution < -0.4 is 56.1 Å². The molecular weight excluding hydrogens is 851 g/mol. The van der Waals surface area contributed by atoms with E-state index in [1.807, 2.05) is 91.0 Å². The lowest BCUT2D eigenvalue weighted by Gasteiger charge is -2.28. The second-order valence-corrected chi connectivity index (χ2v) is 15.7. The number of hydrogen-bond acceptors (Lipinski definition) is 16. The van der Waals surface area contributed by atoms with E-state index in [0.29, 0.717) is 11.7 Å². The van der Waals surface area contributed by atoms with Crippen LogP contribution in [0.3, 0.4) is 0 Å². The smallest absolute Gasteiger partial charge is 0.128 e. The number of ether oxygens (including phenoxy) is 1. The molecule has 5 aromatic carbocycles. The Bertz CT molecular complexity index is 2310. The van der Waals surface area contributed by atoms with Gasteiger partial charge in [-0.25, -0.2) is 0 Å². The van der Waals surface area contributed by atoms with Gasteiger partial charge in [-0.2, -0.15) is 0 Å². The molecule has 2 aromatic heterocycles. The van der Waals surface area contributed by atoms with Crippen molar-refractivity contribution in [2.45, 2.75) is 18.9 Å². The number of piperidine rings is 1. The summed E-state index contributed by atoms with van der Waals surface area (Å²) in [5, 5.41) is 3.20. The average Bonchev–Trinajstić information content (AvgIpc) is 3.92. The number of rotatable bonds is 3. The number of para-hydroxylation sites is 1. The number of nitrogen functional groups attached to an aromatic ring is 7. The van der Waals surface area contributed by atoms with Crippen LogP contribution in [0.1, 0.15) is 18.4 Å². The number of benzene rings is 5. The lowest BCUT2D eigenvalue weighted by Crippen LogP contribution is -2.37. The zero-order chi connectivity index (χ0) is 48.8. The molecule has 0 unspecified atom stereocenters. The maximum absolute atomic E-state index is 5.67. The highest BCUT2D eigenvalue weighted by atomic mass is 16.5. The van der Waals surface area contributed by atoms with E-state index in [4.69, 9.17) is 50.6 Å². The maximum Gasteiger partial charge on any atom is 0.128 e. The molecule has 10 rings (SSSR count). The molecule has 358 valence electrons. The molecule has 17 N–H and O–H groups in total. The summed E-state index contributed by atoms with van der Waals surface area (Å²) >= 11 is 0. The number of hydrogen-bond donors (Lipinski definition) is 9. The lowest BCUT2D eigenvalue weighted by molar-refractivity contribution is 0.122. The van der Waals surface area contributed by atoms with Crippen molar-refractivity contribution in [3.8, 4) is 11.3 Å². The van der Waals surface area contributed by atoms with Crippen LogP contribution in [0, 0.1) is 0 Å². The van der Waals surface area contributed by atoms with Crippen LogP contribution in [-0.2, 0) is 4.74 Å². The van der Waals surface area contributed by atoms with E-state index < -0.39 is 0 Å². The summed E-state index contributed by atoms with van der Waals surface area (Å²) in [7, 11) is 2.14. The molecule has 0 atom stereocenters. The van der Waals surface area contributed by atoms with Crippen molar-refractivity contribution in [3.05, 3.63) is 176 Å². The van der Waals surface area contributed by atoms with Crippen LogP contribution in [0.2, 0.25) is 0 Å². The van der Waals surface area contributed by atoms with E-state index in [2.05, 4.69) is 54.2 Å². The second kappa shape index (κ2) is 30.3. The van der Waals surface area contributed by atoms with Crippen molar-refractivity contribution < 1.29 is 4.74 Å². The standard InChI is InChI=1S/C10H9N3.C10H14N2O.C9H11N3.C6H14N2.C6H8N2.C6H7N.C5H6N2/c11-9-3-1-8(2-4-9)10-7-12-5-6-13-10;11-9-1-3-10(4-2-9)12-5-7-13-8-6-12;10-8-3-1-7(2-4-8)9-11-5-6-12-9;1-8-4-2-6(7)3-5-8;7-5-1-2-6(8)4-3-5;7-6-4-2-1-3-5-6;6-5-2-1-3-7-4-5/h1-7H,11H2;1-4H,5-8,11H2;1-4H,5-6,10H2,(H,11,12);6H,2-5,7H2,1H3;1-4H,7-8H2;1-5H,7H2;1-4H,6H2. The summed E-state index contributed by atoms with van der Waals surface area (Å²) in [5.74, 6) is 0.981. The summed E-state index contributed by atoms with van der Waals surface area (Å²) in [6.07, 6.45) is 10.7. The molecule has 0 saturated carbocycles. The zero-order valence-electron chi connectivity index (χ0n) is 39.0. The van der Waals surface area contributed by atoms with Crippen LogP contribution in [0.25, 0.3) is 11.3 Å². The van der Waals surface area contributed by atoms with Gasteiger partial charge in [0.05, 0.1) is 37.3 Å². The van der Waals surface area contributed by atoms with Crippen molar-refractivity contribution in [2.75, 3.05) is 105 Å². The topological polar surface area (TPSA) is 287 Å². The number of amidine groups is 1. The number of nitrogens with one attached hydrogen (secondary N) is 1. The van der Waals surface area contributed by atoms with Gasteiger partial charge in [-0.1, -0.05) is 30.3 Å². The van der Waals surface area contributed by atoms with Crippen molar-refractivity contribution >= 4 is 51.3 Å². The molecule has 0 bridgehead atoms. The molecule has 7 aromatic rings. The third-order valence-corrected chi connectivity index (χ3v) is 10.1. The van der Waals surface area contributed by atoms with Gasteiger partial charge in [-0.15, -0.1) is 0 Å². The van der Waals surface area contributed by atoms with Gasteiger partial charge < -0.3 is 65.7 Å². The highest BCUT2D eigenvalue weighted by molar-refractivity contribution is 5.99. The van der Waals surface area contributed by atoms with Crippen molar-refractivity contribution in [2.24, 2.45) is 10.7 Å². The van der Waals surface area contributed by atoms with E-state index in [1.54, 1.807) is 67.4 Å². The van der Waals surface area contributed by atoms with E-state index in [9.17, 15) is 0 Å². The third kappa shape index (κ3) is 21.8. The summed E-state index contributed by atoms with van der Waals surface area (Å²) in [6, 6.07) is 43.9. The summed E-state index contributed by atoms with van der Waals surface area (Å²) in [6.45, 7) is 7.78. The van der Waals surface area contributed by atoms with Gasteiger partial charge in [-0.05, 0) is 142 Å². The molecule has 0 spiro atoms. The summed E-state index contributed by atoms with van der Waals surface area (Å²) in [4.78, 5) is 20.9. The van der Waals surface area contributed by atoms with Gasteiger partial charge in [0.1, 0.15) is 5.84 Å². The molecule has 0 aliphatic carbocycles. The van der Waals surface area contributed by atoms with Crippen LogP contribution in [0.5, 0.6) is 0 Å². The molecule has 16 heteroatoms.